The van der Waals surface area contributed by atoms with Crippen LogP contribution in [0, 0.1) is 19.8 Å². The first kappa shape index (κ1) is 20.5. The summed E-state index contributed by atoms with van der Waals surface area (Å²) >= 11 is 0. The molecule has 32 heavy (non-hydrogen) atoms. The number of amides is 2. The summed E-state index contributed by atoms with van der Waals surface area (Å²) in [6, 6.07) is 7.47. The van der Waals surface area contributed by atoms with Crippen molar-refractivity contribution in [2.75, 3.05) is 55.7 Å². The van der Waals surface area contributed by atoms with Crippen molar-refractivity contribution >= 4 is 23.3 Å². The van der Waals surface area contributed by atoms with Gasteiger partial charge in [0.1, 0.15) is 24.9 Å². The van der Waals surface area contributed by atoms with Gasteiger partial charge < -0.3 is 24.2 Å². The Labute approximate surface area is 186 Å². The van der Waals surface area contributed by atoms with Crippen molar-refractivity contribution in [2.24, 2.45) is 5.92 Å². The molecule has 4 heterocycles. The molecule has 0 bridgehead atoms. The van der Waals surface area contributed by atoms with Gasteiger partial charge in [0.2, 0.25) is 11.8 Å². The number of fused-ring (bicyclic) bond motifs is 1. The molecule has 9 heteroatoms. The van der Waals surface area contributed by atoms with E-state index in [2.05, 4.69) is 14.9 Å². The Morgan fingerprint density at radius 3 is 2.50 bits per heavy atom. The van der Waals surface area contributed by atoms with E-state index in [9.17, 15) is 9.59 Å². The highest BCUT2D eigenvalue weighted by atomic mass is 16.6. The van der Waals surface area contributed by atoms with E-state index < -0.39 is 0 Å². The summed E-state index contributed by atoms with van der Waals surface area (Å²) in [4.78, 5) is 40.5. The summed E-state index contributed by atoms with van der Waals surface area (Å²) in [5.74, 6) is 2.67. The number of benzene rings is 1. The van der Waals surface area contributed by atoms with Crippen LogP contribution in [0.4, 0.5) is 11.5 Å². The van der Waals surface area contributed by atoms with Crippen LogP contribution in [-0.4, -0.2) is 72.6 Å². The normalized spacial score (nSPS) is 20.6. The highest BCUT2D eigenvalue weighted by Crippen LogP contribution is 2.36. The van der Waals surface area contributed by atoms with Gasteiger partial charge in [-0.3, -0.25) is 9.59 Å². The van der Waals surface area contributed by atoms with Crippen LogP contribution in [0.3, 0.4) is 0 Å². The zero-order chi connectivity index (χ0) is 22.2. The molecule has 0 radical (unpaired) electrons. The third kappa shape index (κ3) is 3.94. The largest absolute Gasteiger partial charge is 0.486 e. The monoisotopic (exact) mass is 437 g/mol. The van der Waals surface area contributed by atoms with Crippen LogP contribution in [0.15, 0.2) is 24.3 Å². The van der Waals surface area contributed by atoms with Gasteiger partial charge in [-0.05, 0) is 26.0 Å². The van der Waals surface area contributed by atoms with E-state index >= 15 is 0 Å². The molecule has 9 nitrogen and oxygen atoms in total. The zero-order valence-corrected chi connectivity index (χ0v) is 18.4. The number of carbonyl (C=O) groups excluding carboxylic acids is 2. The molecule has 2 aromatic rings. The molecule has 2 fully saturated rings. The van der Waals surface area contributed by atoms with Crippen LogP contribution in [0.1, 0.15) is 17.9 Å². The predicted octanol–water partition coefficient (Wildman–Crippen LogP) is 1.57. The van der Waals surface area contributed by atoms with Crippen LogP contribution in [0.5, 0.6) is 11.5 Å². The summed E-state index contributed by atoms with van der Waals surface area (Å²) in [6.07, 6.45) is 0.234. The van der Waals surface area contributed by atoms with Crippen molar-refractivity contribution < 1.29 is 19.1 Å². The van der Waals surface area contributed by atoms with Gasteiger partial charge in [0, 0.05) is 62.7 Å². The van der Waals surface area contributed by atoms with E-state index in [0.29, 0.717) is 57.4 Å². The molecule has 168 valence electrons. The first-order valence-corrected chi connectivity index (χ1v) is 11.0. The average Bonchev–Trinajstić information content (AvgIpc) is 3.19. The molecule has 0 aliphatic carbocycles. The van der Waals surface area contributed by atoms with Crippen molar-refractivity contribution in [2.45, 2.75) is 20.3 Å². The van der Waals surface area contributed by atoms with Gasteiger partial charge in [-0.1, -0.05) is 0 Å². The van der Waals surface area contributed by atoms with Crippen molar-refractivity contribution in [1.82, 2.24) is 14.9 Å². The fourth-order valence-electron chi connectivity index (χ4n) is 4.60. The third-order valence-electron chi connectivity index (χ3n) is 6.18. The van der Waals surface area contributed by atoms with Gasteiger partial charge in [0.25, 0.3) is 0 Å². The van der Waals surface area contributed by atoms with Crippen LogP contribution in [0.2, 0.25) is 0 Å². The maximum absolute atomic E-state index is 13.2. The zero-order valence-electron chi connectivity index (χ0n) is 18.4. The van der Waals surface area contributed by atoms with Crippen molar-refractivity contribution in [3.63, 3.8) is 0 Å². The van der Waals surface area contributed by atoms with E-state index in [0.717, 1.165) is 23.0 Å². The number of carbonyl (C=O) groups is 2. The first-order valence-electron chi connectivity index (χ1n) is 11.0. The fraction of sp³-hybridized carbons (Fsp3) is 0.478. The van der Waals surface area contributed by atoms with Gasteiger partial charge in [0.15, 0.2) is 11.5 Å². The highest BCUT2D eigenvalue weighted by Gasteiger charge is 2.38. The second-order valence-electron chi connectivity index (χ2n) is 8.46. The number of hydrogen-bond donors (Lipinski definition) is 0. The van der Waals surface area contributed by atoms with Gasteiger partial charge in [-0.25, -0.2) is 9.97 Å². The van der Waals surface area contributed by atoms with E-state index in [4.69, 9.17) is 9.47 Å². The van der Waals surface area contributed by atoms with Crippen molar-refractivity contribution in [3.8, 4) is 11.5 Å². The number of rotatable bonds is 3. The molecule has 2 amide bonds. The molecule has 3 aliphatic rings. The Kier molecular flexibility index (Phi) is 5.32. The molecule has 5 rings (SSSR count). The summed E-state index contributed by atoms with van der Waals surface area (Å²) in [5, 5.41) is 0. The lowest BCUT2D eigenvalue weighted by Crippen LogP contribution is -2.51. The Balaban J connectivity index is 1.22. The Morgan fingerprint density at radius 1 is 1.00 bits per heavy atom. The Bertz CT molecular complexity index is 1030. The van der Waals surface area contributed by atoms with Gasteiger partial charge in [-0.15, -0.1) is 0 Å². The minimum Gasteiger partial charge on any atom is -0.486 e. The lowest BCUT2D eigenvalue weighted by atomic mass is 10.1. The number of aryl methyl sites for hydroxylation is 2. The molecule has 0 saturated carbocycles. The minimum absolute atomic E-state index is 0.0365. The van der Waals surface area contributed by atoms with E-state index in [1.165, 1.54) is 0 Å². The van der Waals surface area contributed by atoms with Crippen molar-refractivity contribution in [3.05, 3.63) is 35.8 Å². The summed E-state index contributed by atoms with van der Waals surface area (Å²) in [6.45, 7) is 7.93. The van der Waals surface area contributed by atoms with Gasteiger partial charge in [0.05, 0.1) is 5.92 Å². The molecule has 0 N–H and O–H groups in total. The quantitative estimate of drug-likeness (QED) is 0.720. The molecule has 0 spiro atoms. The second-order valence-corrected chi connectivity index (χ2v) is 8.46. The molecule has 1 atom stereocenters. The first-order chi connectivity index (χ1) is 15.5. The van der Waals surface area contributed by atoms with E-state index in [1.54, 1.807) is 4.90 Å². The van der Waals surface area contributed by atoms with Crippen molar-refractivity contribution in [1.29, 1.82) is 0 Å². The topological polar surface area (TPSA) is 88.1 Å². The Morgan fingerprint density at radius 2 is 1.75 bits per heavy atom. The van der Waals surface area contributed by atoms with Gasteiger partial charge >= 0.3 is 0 Å². The summed E-state index contributed by atoms with van der Waals surface area (Å²) < 4.78 is 11.2. The van der Waals surface area contributed by atoms with Gasteiger partial charge in [-0.2, -0.15) is 0 Å². The number of hydrogen-bond acceptors (Lipinski definition) is 7. The van der Waals surface area contributed by atoms with E-state index in [-0.39, 0.29) is 24.2 Å². The smallest absolute Gasteiger partial charge is 0.228 e. The average molecular weight is 438 g/mol. The third-order valence-corrected chi connectivity index (χ3v) is 6.18. The predicted molar refractivity (Wildman–Crippen MR) is 118 cm³/mol. The summed E-state index contributed by atoms with van der Waals surface area (Å²) in [5.41, 5.74) is 1.68. The molecule has 2 saturated heterocycles. The number of nitrogens with zero attached hydrogens (tertiary/aromatic N) is 5. The second kappa shape index (κ2) is 8.29. The number of ether oxygens (including phenoxy) is 2. The van der Waals surface area contributed by atoms with E-state index in [1.807, 2.05) is 43.0 Å². The lowest BCUT2D eigenvalue weighted by Gasteiger charge is -2.36. The van der Waals surface area contributed by atoms with Crippen LogP contribution >= 0.6 is 0 Å². The van der Waals surface area contributed by atoms with Crippen LogP contribution in [-0.2, 0) is 9.59 Å². The maximum Gasteiger partial charge on any atom is 0.228 e. The highest BCUT2D eigenvalue weighted by molar-refractivity contribution is 6.00. The van der Waals surface area contributed by atoms with Crippen LogP contribution < -0.4 is 19.3 Å². The molecule has 1 unspecified atom stereocenters. The fourth-order valence-corrected chi connectivity index (χ4v) is 4.60. The number of anilines is 2. The lowest BCUT2D eigenvalue weighted by molar-refractivity contribution is -0.136. The minimum atomic E-state index is -0.328. The maximum atomic E-state index is 13.2. The SMILES string of the molecule is Cc1cc(N2CCN(C(=O)C3CC(=O)N(c4ccc5c(c4)OCCO5)C3)CC2)nc(C)n1. The molecule has 3 aliphatic heterocycles. The Hall–Kier alpha value is -3.36. The molecule has 1 aromatic heterocycles. The van der Waals surface area contributed by atoms with Crippen LogP contribution in [0.25, 0.3) is 0 Å². The molecular formula is C23H27N5O4. The number of aromatic nitrogens is 2. The molecule has 1 aromatic carbocycles. The standard InChI is InChI=1S/C23H27N5O4/c1-15-11-21(25-16(2)24-15)26-5-7-27(8-6-26)23(30)17-12-22(29)28(14-17)18-3-4-19-20(13-18)32-10-9-31-19/h3-4,11,13,17H,5-10,12,14H2,1-2H3. The number of piperazine rings is 1. The summed E-state index contributed by atoms with van der Waals surface area (Å²) in [7, 11) is 0. The molecular weight excluding hydrogens is 410 g/mol.